The molecular formula is C20H16Cl2N2O2. The number of hydrogen-bond acceptors (Lipinski definition) is 3. The van der Waals surface area contributed by atoms with Crippen LogP contribution in [0.3, 0.4) is 0 Å². The van der Waals surface area contributed by atoms with Crippen molar-refractivity contribution in [1.29, 1.82) is 0 Å². The van der Waals surface area contributed by atoms with Crippen LogP contribution < -0.4 is 4.90 Å². The number of aromatic nitrogens is 1. The molecule has 0 bridgehead atoms. The Labute approximate surface area is 161 Å². The molecule has 132 valence electrons. The predicted octanol–water partition coefficient (Wildman–Crippen LogP) is 5.51. The summed E-state index contributed by atoms with van der Waals surface area (Å²) in [7, 11) is 0. The molecule has 6 heteroatoms. The molecule has 0 unspecified atom stereocenters. The monoisotopic (exact) mass is 386 g/mol. The molecule has 2 aromatic carbocycles. The van der Waals surface area contributed by atoms with Crippen LogP contribution in [0.25, 0.3) is 22.0 Å². The Morgan fingerprint density at radius 3 is 2.42 bits per heavy atom. The lowest BCUT2D eigenvalue weighted by Gasteiger charge is -2.22. The van der Waals surface area contributed by atoms with E-state index < -0.39 is 5.97 Å². The second kappa shape index (κ2) is 6.78. The number of carboxylic acids is 1. The van der Waals surface area contributed by atoms with Crippen molar-refractivity contribution >= 4 is 45.9 Å². The van der Waals surface area contributed by atoms with E-state index in [0.29, 0.717) is 32.3 Å². The van der Waals surface area contributed by atoms with Gasteiger partial charge in [-0.05, 0) is 30.5 Å². The first-order valence-electron chi connectivity index (χ1n) is 8.42. The molecule has 0 atom stereocenters. The van der Waals surface area contributed by atoms with Gasteiger partial charge < -0.3 is 10.0 Å². The highest BCUT2D eigenvalue weighted by atomic mass is 35.5. The zero-order chi connectivity index (χ0) is 18.3. The summed E-state index contributed by atoms with van der Waals surface area (Å²) < 4.78 is 0. The number of fused-ring (bicyclic) bond motifs is 1. The van der Waals surface area contributed by atoms with Gasteiger partial charge in [0.25, 0.3) is 0 Å². The Bertz CT molecular complexity index is 1000. The minimum atomic E-state index is -1.00. The fraction of sp³-hybridized carbons (Fsp3) is 0.200. The number of nitrogens with zero attached hydrogens (tertiary/aromatic N) is 2. The van der Waals surface area contributed by atoms with E-state index in [0.717, 1.165) is 31.5 Å². The molecule has 1 aliphatic heterocycles. The van der Waals surface area contributed by atoms with Crippen molar-refractivity contribution in [2.24, 2.45) is 0 Å². The van der Waals surface area contributed by atoms with Gasteiger partial charge in [0.2, 0.25) is 0 Å². The van der Waals surface area contributed by atoms with Crippen LogP contribution in [-0.4, -0.2) is 29.1 Å². The van der Waals surface area contributed by atoms with Crippen molar-refractivity contribution in [3.8, 4) is 11.1 Å². The van der Waals surface area contributed by atoms with Crippen molar-refractivity contribution in [2.45, 2.75) is 12.8 Å². The molecule has 1 N–H and O–H groups in total. The van der Waals surface area contributed by atoms with Crippen molar-refractivity contribution < 1.29 is 9.90 Å². The second-order valence-corrected chi connectivity index (χ2v) is 7.18. The first-order chi connectivity index (χ1) is 12.6. The maximum atomic E-state index is 12.3. The lowest BCUT2D eigenvalue weighted by molar-refractivity contribution is 0.0698. The molecule has 2 heterocycles. The van der Waals surface area contributed by atoms with Gasteiger partial charge in [0.15, 0.2) is 0 Å². The highest BCUT2D eigenvalue weighted by Crippen LogP contribution is 2.40. The SMILES string of the molecule is O=C(O)c1c(N2CCCC2)nc2c(Cl)cc(Cl)cc2c1-c1ccccc1. The van der Waals surface area contributed by atoms with Gasteiger partial charge >= 0.3 is 5.97 Å². The van der Waals surface area contributed by atoms with Crippen molar-refractivity contribution in [3.05, 3.63) is 58.1 Å². The molecule has 0 spiro atoms. The van der Waals surface area contributed by atoms with Crippen molar-refractivity contribution in [1.82, 2.24) is 4.98 Å². The van der Waals surface area contributed by atoms with E-state index in [1.165, 1.54) is 0 Å². The van der Waals surface area contributed by atoms with E-state index in [4.69, 9.17) is 23.2 Å². The van der Waals surface area contributed by atoms with Gasteiger partial charge in [-0.2, -0.15) is 0 Å². The number of carboxylic acid groups (broad SMARTS) is 1. The van der Waals surface area contributed by atoms with Crippen LogP contribution in [0, 0.1) is 0 Å². The molecule has 0 saturated carbocycles. The molecule has 1 saturated heterocycles. The topological polar surface area (TPSA) is 53.4 Å². The third-order valence-electron chi connectivity index (χ3n) is 4.67. The Balaban J connectivity index is 2.15. The molecular weight excluding hydrogens is 371 g/mol. The third kappa shape index (κ3) is 2.89. The normalized spacial score (nSPS) is 14.2. The molecule has 0 amide bonds. The van der Waals surface area contributed by atoms with Crippen LogP contribution >= 0.6 is 23.2 Å². The summed E-state index contributed by atoms with van der Waals surface area (Å²) >= 11 is 12.6. The largest absolute Gasteiger partial charge is 0.478 e. The van der Waals surface area contributed by atoms with Crippen LogP contribution in [0.2, 0.25) is 10.0 Å². The summed E-state index contributed by atoms with van der Waals surface area (Å²) in [5.41, 5.74) is 2.18. The fourth-order valence-corrected chi connectivity index (χ4v) is 4.08. The van der Waals surface area contributed by atoms with E-state index >= 15 is 0 Å². The summed E-state index contributed by atoms with van der Waals surface area (Å²) in [6.07, 6.45) is 2.04. The highest BCUT2D eigenvalue weighted by Gasteiger charge is 2.27. The van der Waals surface area contributed by atoms with E-state index in [1.807, 2.05) is 35.2 Å². The number of pyridine rings is 1. The number of halogens is 2. The van der Waals surface area contributed by atoms with Crippen LogP contribution in [0.15, 0.2) is 42.5 Å². The van der Waals surface area contributed by atoms with E-state index in [-0.39, 0.29) is 5.56 Å². The minimum absolute atomic E-state index is 0.198. The summed E-state index contributed by atoms with van der Waals surface area (Å²) in [6.45, 7) is 1.58. The Morgan fingerprint density at radius 1 is 1.08 bits per heavy atom. The molecule has 4 rings (SSSR count). The average Bonchev–Trinajstić information content (AvgIpc) is 3.15. The molecule has 0 radical (unpaired) electrons. The van der Waals surface area contributed by atoms with E-state index in [9.17, 15) is 9.90 Å². The van der Waals surface area contributed by atoms with Gasteiger partial charge in [-0.1, -0.05) is 53.5 Å². The lowest BCUT2D eigenvalue weighted by atomic mass is 9.95. The molecule has 1 aliphatic rings. The molecule has 4 nitrogen and oxygen atoms in total. The van der Waals surface area contributed by atoms with Gasteiger partial charge in [-0.3, -0.25) is 0 Å². The second-order valence-electron chi connectivity index (χ2n) is 6.33. The van der Waals surface area contributed by atoms with E-state index in [1.54, 1.807) is 12.1 Å². The maximum Gasteiger partial charge on any atom is 0.340 e. The molecule has 0 aliphatic carbocycles. The third-order valence-corrected chi connectivity index (χ3v) is 5.18. The van der Waals surface area contributed by atoms with Crippen molar-refractivity contribution in [2.75, 3.05) is 18.0 Å². The molecule has 3 aromatic rings. The maximum absolute atomic E-state index is 12.3. The summed E-state index contributed by atoms with van der Waals surface area (Å²) in [5, 5.41) is 11.6. The van der Waals surface area contributed by atoms with Gasteiger partial charge in [0.1, 0.15) is 11.4 Å². The first-order valence-corrected chi connectivity index (χ1v) is 9.18. The van der Waals surface area contributed by atoms with E-state index in [2.05, 4.69) is 4.98 Å². The van der Waals surface area contributed by atoms with Gasteiger partial charge in [0.05, 0.1) is 10.5 Å². The summed E-state index contributed by atoms with van der Waals surface area (Å²) in [6, 6.07) is 12.8. The van der Waals surface area contributed by atoms with Crippen LogP contribution in [0.5, 0.6) is 0 Å². The number of rotatable bonds is 3. The van der Waals surface area contributed by atoms with Gasteiger partial charge in [-0.25, -0.2) is 9.78 Å². The zero-order valence-corrected chi connectivity index (χ0v) is 15.4. The predicted molar refractivity (Wildman–Crippen MR) is 106 cm³/mol. The van der Waals surface area contributed by atoms with Crippen LogP contribution in [0.1, 0.15) is 23.2 Å². The molecule has 26 heavy (non-hydrogen) atoms. The molecule has 1 aromatic heterocycles. The summed E-state index contributed by atoms with van der Waals surface area (Å²) in [5.74, 6) is -0.526. The number of aromatic carboxylic acids is 1. The average molecular weight is 387 g/mol. The van der Waals surface area contributed by atoms with Gasteiger partial charge in [0, 0.05) is 29.1 Å². The Hall–Kier alpha value is -2.30. The molecule has 1 fully saturated rings. The number of benzene rings is 2. The quantitative estimate of drug-likeness (QED) is 0.644. The smallest absolute Gasteiger partial charge is 0.340 e. The van der Waals surface area contributed by atoms with Crippen molar-refractivity contribution in [3.63, 3.8) is 0 Å². The number of anilines is 1. The number of carbonyl (C=O) groups is 1. The first kappa shape index (κ1) is 17.1. The Morgan fingerprint density at radius 2 is 1.77 bits per heavy atom. The highest BCUT2D eigenvalue weighted by molar-refractivity contribution is 6.39. The Kier molecular flexibility index (Phi) is 4.47. The standard InChI is InChI=1S/C20H16Cl2N2O2/c21-13-10-14-16(12-6-2-1-3-7-12)17(20(25)26)19(24-8-4-5-9-24)23-18(14)15(22)11-13/h1-3,6-7,10-11H,4-5,8-9H2,(H,25,26). The van der Waals surface area contributed by atoms with Crippen LogP contribution in [0.4, 0.5) is 5.82 Å². The minimum Gasteiger partial charge on any atom is -0.478 e. The fourth-order valence-electron chi connectivity index (χ4n) is 3.54. The van der Waals surface area contributed by atoms with Gasteiger partial charge in [-0.15, -0.1) is 0 Å². The summed E-state index contributed by atoms with van der Waals surface area (Å²) in [4.78, 5) is 18.9. The number of hydrogen-bond donors (Lipinski definition) is 1. The van der Waals surface area contributed by atoms with Crippen LogP contribution in [-0.2, 0) is 0 Å². The lowest BCUT2D eigenvalue weighted by Crippen LogP contribution is -2.23. The zero-order valence-electron chi connectivity index (χ0n) is 13.9.